The Morgan fingerprint density at radius 3 is 1.71 bits per heavy atom. The number of piperazine rings is 2. The van der Waals surface area contributed by atoms with E-state index in [-0.39, 0.29) is 5.91 Å². The quantitative estimate of drug-likeness (QED) is 0.317. The van der Waals surface area contributed by atoms with E-state index in [1.165, 1.54) is 45.6 Å². The van der Waals surface area contributed by atoms with Crippen molar-refractivity contribution >= 4 is 11.8 Å². The first-order valence-electron chi connectivity index (χ1n) is 15.6. The molecule has 1 N–H and O–H groups in total. The maximum Gasteiger partial charge on any atom is 0.222 e. The van der Waals surface area contributed by atoms with Crippen molar-refractivity contribution < 1.29 is 23.8 Å². The summed E-state index contributed by atoms with van der Waals surface area (Å²) in [6.07, 6.45) is 5.19. The van der Waals surface area contributed by atoms with Gasteiger partial charge in [-0.2, -0.15) is 0 Å². The Bertz CT molecular complexity index is 649. The lowest BCUT2D eigenvalue weighted by Gasteiger charge is -2.38. The van der Waals surface area contributed by atoms with E-state index in [4.69, 9.17) is 9.47 Å². The summed E-state index contributed by atoms with van der Waals surface area (Å²) in [6, 6.07) is 0. The van der Waals surface area contributed by atoms with E-state index in [0.29, 0.717) is 32.0 Å². The smallest absolute Gasteiger partial charge is 0.222 e. The molecule has 0 unspecified atom stereocenters. The topological polar surface area (TPSA) is 90.1 Å². The first-order chi connectivity index (χ1) is 19.8. The molecule has 0 aromatic rings. The predicted molar refractivity (Wildman–Crippen MR) is 165 cm³/mol. The summed E-state index contributed by atoms with van der Waals surface area (Å²) in [7, 11) is 10.9. The Hall–Kier alpha value is -1.34. The molecule has 2 amide bonds. The highest BCUT2D eigenvalue weighted by molar-refractivity contribution is 5.76. The number of ether oxygens (including phenoxy) is 3. The highest BCUT2D eigenvalue weighted by atomic mass is 16.5. The summed E-state index contributed by atoms with van der Waals surface area (Å²) in [6.45, 7) is 15.4. The molecule has 0 aliphatic carbocycles. The monoisotopic (exact) mass is 586 g/mol. The molecule has 0 spiro atoms. The number of likely N-dealkylation sites (tertiary alicyclic amines) is 1. The number of amides is 2. The lowest BCUT2D eigenvalue weighted by atomic mass is 9.95. The SMILES string of the molecule is COC.COCCCC(=O)N1CCC(CN2CCN(C)CC2)CC1.COCCCC(=O)NCCN1CCN(C)CC1. The average molecular weight is 587 g/mol. The molecule has 0 aromatic carbocycles. The van der Waals surface area contributed by atoms with Gasteiger partial charge in [0.15, 0.2) is 0 Å². The molecule has 11 heteroatoms. The second-order valence-electron chi connectivity index (χ2n) is 11.5. The van der Waals surface area contributed by atoms with Gasteiger partial charge in [0, 0.05) is 140 Å². The summed E-state index contributed by atoms with van der Waals surface area (Å²) in [5, 5.41) is 2.95. The second-order valence-corrected chi connectivity index (χ2v) is 11.5. The number of rotatable bonds is 13. The maximum atomic E-state index is 12.1. The summed E-state index contributed by atoms with van der Waals surface area (Å²) in [4.78, 5) is 35.3. The molecule has 0 atom stereocenters. The maximum absolute atomic E-state index is 12.1. The Labute approximate surface area is 250 Å². The van der Waals surface area contributed by atoms with Gasteiger partial charge in [-0.25, -0.2) is 0 Å². The van der Waals surface area contributed by atoms with Gasteiger partial charge in [-0.15, -0.1) is 0 Å². The van der Waals surface area contributed by atoms with Crippen LogP contribution in [0.15, 0.2) is 0 Å². The summed E-state index contributed by atoms with van der Waals surface area (Å²) in [5.74, 6) is 1.22. The number of hydrogen-bond acceptors (Lipinski definition) is 9. The van der Waals surface area contributed by atoms with Gasteiger partial charge < -0.3 is 39.1 Å². The van der Waals surface area contributed by atoms with Crippen LogP contribution in [0.4, 0.5) is 0 Å². The molecule has 0 saturated carbocycles. The van der Waals surface area contributed by atoms with E-state index in [2.05, 4.69) is 48.6 Å². The molecule has 3 heterocycles. The molecule has 3 aliphatic heterocycles. The number of carbonyl (C=O) groups excluding carboxylic acids is 2. The van der Waals surface area contributed by atoms with Gasteiger partial charge in [0.05, 0.1) is 0 Å². The Morgan fingerprint density at radius 1 is 0.707 bits per heavy atom. The lowest BCUT2D eigenvalue weighted by Crippen LogP contribution is -2.48. The first-order valence-corrected chi connectivity index (χ1v) is 15.6. The lowest BCUT2D eigenvalue weighted by molar-refractivity contribution is -0.133. The van der Waals surface area contributed by atoms with Crippen LogP contribution in [-0.4, -0.2) is 177 Å². The van der Waals surface area contributed by atoms with Gasteiger partial charge in [0.1, 0.15) is 0 Å². The van der Waals surface area contributed by atoms with Crippen LogP contribution in [0, 0.1) is 5.92 Å². The Morgan fingerprint density at radius 2 is 1.20 bits per heavy atom. The van der Waals surface area contributed by atoms with Crippen LogP contribution in [0.1, 0.15) is 38.5 Å². The summed E-state index contributed by atoms with van der Waals surface area (Å²) < 4.78 is 14.2. The van der Waals surface area contributed by atoms with Gasteiger partial charge in [-0.1, -0.05) is 0 Å². The van der Waals surface area contributed by atoms with Crippen LogP contribution in [0.5, 0.6) is 0 Å². The minimum atomic E-state index is 0.135. The minimum Gasteiger partial charge on any atom is -0.388 e. The number of carbonyl (C=O) groups is 2. The largest absolute Gasteiger partial charge is 0.388 e. The standard InChI is InChI=1S/C16H31N3O2.C12H25N3O2.C2H6O/c1-17-9-11-18(12-10-17)14-15-5-7-19(8-6-15)16(20)4-3-13-21-2;1-14-7-9-15(10-8-14)6-5-13-12(16)4-3-11-17-2;1-3-2/h15H,3-14H2,1-2H3;3-11H2,1-2H3,(H,13,16);1-2H3. The number of nitrogens with zero attached hydrogens (tertiary/aromatic N) is 5. The molecule has 3 aliphatic rings. The summed E-state index contributed by atoms with van der Waals surface area (Å²) in [5.41, 5.74) is 0. The number of hydrogen-bond donors (Lipinski definition) is 1. The zero-order valence-corrected chi connectivity index (χ0v) is 27.2. The van der Waals surface area contributed by atoms with Crippen molar-refractivity contribution in [2.24, 2.45) is 5.92 Å². The highest BCUT2D eigenvalue weighted by Gasteiger charge is 2.25. The zero-order chi connectivity index (χ0) is 30.3. The molecule has 0 aromatic heterocycles. The molecule has 3 fully saturated rings. The Kier molecular flexibility index (Phi) is 22.2. The van der Waals surface area contributed by atoms with Gasteiger partial charge in [-0.3, -0.25) is 14.5 Å². The average Bonchev–Trinajstić information content (AvgIpc) is 2.97. The normalized spacial score (nSPS) is 19.6. The van der Waals surface area contributed by atoms with Crippen LogP contribution in [0.25, 0.3) is 0 Å². The number of piperidine rings is 1. The Balaban J connectivity index is 0.000000381. The molecule has 41 heavy (non-hydrogen) atoms. The van der Waals surface area contributed by atoms with Gasteiger partial charge in [0.25, 0.3) is 0 Å². The van der Waals surface area contributed by atoms with Gasteiger partial charge in [0.2, 0.25) is 11.8 Å². The van der Waals surface area contributed by atoms with Crippen LogP contribution >= 0.6 is 0 Å². The molecule has 11 nitrogen and oxygen atoms in total. The fourth-order valence-electron chi connectivity index (χ4n) is 5.18. The molecule has 242 valence electrons. The molecular weight excluding hydrogens is 524 g/mol. The fraction of sp³-hybridized carbons (Fsp3) is 0.933. The third kappa shape index (κ3) is 18.7. The zero-order valence-electron chi connectivity index (χ0n) is 27.2. The van der Waals surface area contributed by atoms with Crippen molar-refractivity contribution in [1.82, 2.24) is 29.8 Å². The number of nitrogens with one attached hydrogen (secondary N) is 1. The van der Waals surface area contributed by atoms with Crippen molar-refractivity contribution in [3.05, 3.63) is 0 Å². The third-order valence-electron chi connectivity index (χ3n) is 7.92. The highest BCUT2D eigenvalue weighted by Crippen LogP contribution is 2.20. The first kappa shape index (κ1) is 37.7. The van der Waals surface area contributed by atoms with Gasteiger partial charge in [-0.05, 0) is 45.7 Å². The minimum absolute atomic E-state index is 0.135. The van der Waals surface area contributed by atoms with E-state index in [0.717, 1.165) is 71.1 Å². The fourth-order valence-corrected chi connectivity index (χ4v) is 5.18. The predicted octanol–water partition coefficient (Wildman–Crippen LogP) is 0.938. The third-order valence-corrected chi connectivity index (χ3v) is 7.92. The van der Waals surface area contributed by atoms with Crippen LogP contribution in [0.2, 0.25) is 0 Å². The summed E-state index contributed by atoms with van der Waals surface area (Å²) >= 11 is 0. The van der Waals surface area contributed by atoms with Crippen molar-refractivity contribution in [3.63, 3.8) is 0 Å². The van der Waals surface area contributed by atoms with Gasteiger partial charge >= 0.3 is 0 Å². The van der Waals surface area contributed by atoms with Crippen molar-refractivity contribution in [1.29, 1.82) is 0 Å². The number of methoxy groups -OCH3 is 3. The van der Waals surface area contributed by atoms with Crippen LogP contribution in [-0.2, 0) is 23.8 Å². The van der Waals surface area contributed by atoms with E-state index >= 15 is 0 Å². The van der Waals surface area contributed by atoms with Crippen molar-refractivity contribution in [3.8, 4) is 0 Å². The second kappa shape index (κ2) is 24.1. The van der Waals surface area contributed by atoms with Crippen molar-refractivity contribution in [2.75, 3.05) is 141 Å². The molecule has 3 saturated heterocycles. The van der Waals surface area contributed by atoms with Crippen molar-refractivity contribution in [2.45, 2.75) is 38.5 Å². The number of likely N-dealkylation sites (N-methyl/N-ethyl adjacent to an activating group) is 2. The molecule has 0 bridgehead atoms. The molecular formula is C30H62N6O5. The molecule has 3 rings (SSSR count). The van der Waals surface area contributed by atoms with E-state index in [1.54, 1.807) is 28.4 Å². The van der Waals surface area contributed by atoms with Crippen LogP contribution < -0.4 is 5.32 Å². The van der Waals surface area contributed by atoms with E-state index in [1.807, 2.05) is 0 Å². The van der Waals surface area contributed by atoms with E-state index < -0.39 is 0 Å². The van der Waals surface area contributed by atoms with E-state index in [9.17, 15) is 9.59 Å². The molecule has 0 radical (unpaired) electrons. The van der Waals surface area contributed by atoms with Crippen LogP contribution in [0.3, 0.4) is 0 Å².